The number of hydrogen-bond acceptors (Lipinski definition) is 3. The van der Waals surface area contributed by atoms with Crippen molar-refractivity contribution >= 4 is 12.3 Å². The maximum absolute atomic E-state index is 12.8. The summed E-state index contributed by atoms with van der Waals surface area (Å²) >= 11 is 0. The third kappa shape index (κ3) is 2.55. The number of fused-ring (bicyclic) bond motifs is 7. The first-order valence-electron chi connectivity index (χ1n) is 13.8. The standard InChI is InChI=1S/C30H46O4/c1-17(2)18-10-13-30(25(33)34)15-14-27(5)19(23(18)30)8-9-22-28(27,6)12-11-21-26(3,4)24(32)20(16-31)29(21,22)7/h16,18-24,32H,1,8-15H2,2-7H3,(H,33,34)/t18-,19-,20-,21-,22-,23-,24+,27-,28+,29+,30-/m1/s1. The number of aliphatic carboxylic acids is 1. The van der Waals surface area contributed by atoms with E-state index in [1.54, 1.807) is 0 Å². The summed E-state index contributed by atoms with van der Waals surface area (Å²) in [6.07, 6.45) is 8.13. The molecule has 2 N–H and O–H groups in total. The van der Waals surface area contributed by atoms with Gasteiger partial charge in [0.25, 0.3) is 0 Å². The minimum atomic E-state index is -0.602. The van der Waals surface area contributed by atoms with Crippen molar-refractivity contribution in [2.75, 3.05) is 0 Å². The molecule has 0 amide bonds. The summed E-state index contributed by atoms with van der Waals surface area (Å²) < 4.78 is 0. The molecule has 5 fully saturated rings. The number of carboxylic acid groups (broad SMARTS) is 1. The molecule has 0 aromatic carbocycles. The molecule has 0 spiro atoms. The Morgan fingerprint density at radius 3 is 2.18 bits per heavy atom. The fourth-order valence-electron chi connectivity index (χ4n) is 11.7. The Kier molecular flexibility index (Phi) is 5.20. The quantitative estimate of drug-likeness (QED) is 0.385. The molecule has 4 nitrogen and oxygen atoms in total. The second-order valence-corrected chi connectivity index (χ2v) is 14.4. The highest BCUT2D eigenvalue weighted by atomic mass is 16.4. The Balaban J connectivity index is 1.61. The molecule has 5 rings (SSSR count). The Labute approximate surface area is 206 Å². The first-order chi connectivity index (χ1) is 15.7. The summed E-state index contributed by atoms with van der Waals surface area (Å²) in [7, 11) is 0. The Hall–Kier alpha value is -1.16. The molecule has 0 heterocycles. The zero-order valence-corrected chi connectivity index (χ0v) is 22.2. The van der Waals surface area contributed by atoms with Gasteiger partial charge in [-0.1, -0.05) is 46.8 Å². The Morgan fingerprint density at radius 1 is 0.912 bits per heavy atom. The van der Waals surface area contributed by atoms with Gasteiger partial charge in [0.05, 0.1) is 11.5 Å². The number of aliphatic hydroxyl groups excluding tert-OH is 1. The van der Waals surface area contributed by atoms with Crippen molar-refractivity contribution in [2.45, 2.75) is 99.0 Å². The summed E-state index contributed by atoms with van der Waals surface area (Å²) in [6, 6.07) is 0. The summed E-state index contributed by atoms with van der Waals surface area (Å²) in [5, 5.41) is 21.8. The molecule has 190 valence electrons. The lowest BCUT2D eigenvalue weighted by Gasteiger charge is -2.70. The third-order valence-corrected chi connectivity index (χ3v) is 13.5. The molecular formula is C30H46O4. The van der Waals surface area contributed by atoms with Crippen molar-refractivity contribution in [1.29, 1.82) is 0 Å². The van der Waals surface area contributed by atoms with Crippen LogP contribution >= 0.6 is 0 Å². The minimum Gasteiger partial charge on any atom is -0.481 e. The van der Waals surface area contributed by atoms with Gasteiger partial charge in [-0.05, 0) is 110 Å². The first-order valence-corrected chi connectivity index (χ1v) is 13.8. The predicted octanol–water partition coefficient (Wildman–Crippen LogP) is 6.12. The van der Waals surface area contributed by atoms with Gasteiger partial charge in [-0.25, -0.2) is 0 Å². The molecule has 5 aliphatic carbocycles. The molecule has 4 heteroatoms. The first kappa shape index (κ1) is 24.5. The molecular weight excluding hydrogens is 424 g/mol. The van der Waals surface area contributed by atoms with Gasteiger partial charge < -0.3 is 15.0 Å². The van der Waals surface area contributed by atoms with Crippen LogP contribution in [0.1, 0.15) is 92.9 Å². The number of hydrogen-bond donors (Lipinski definition) is 2. The molecule has 0 aromatic heterocycles. The maximum atomic E-state index is 12.8. The average molecular weight is 471 g/mol. The molecule has 0 radical (unpaired) electrons. The van der Waals surface area contributed by atoms with E-state index in [4.69, 9.17) is 0 Å². The second-order valence-electron chi connectivity index (χ2n) is 14.4. The largest absolute Gasteiger partial charge is 0.481 e. The van der Waals surface area contributed by atoms with Crippen LogP contribution in [-0.2, 0) is 9.59 Å². The van der Waals surface area contributed by atoms with Crippen LogP contribution in [0, 0.1) is 62.6 Å². The lowest BCUT2D eigenvalue weighted by molar-refractivity contribution is -0.225. The van der Waals surface area contributed by atoms with E-state index >= 15 is 0 Å². The topological polar surface area (TPSA) is 74.6 Å². The molecule has 0 aromatic rings. The van der Waals surface area contributed by atoms with Gasteiger partial charge in [0.15, 0.2) is 0 Å². The van der Waals surface area contributed by atoms with Crippen LogP contribution < -0.4 is 0 Å². The highest BCUT2D eigenvalue weighted by molar-refractivity contribution is 5.76. The van der Waals surface area contributed by atoms with Crippen LogP contribution in [0.5, 0.6) is 0 Å². The molecule has 0 bridgehead atoms. The van der Waals surface area contributed by atoms with Crippen LogP contribution in [-0.4, -0.2) is 28.6 Å². The van der Waals surface area contributed by atoms with Gasteiger partial charge in [-0.2, -0.15) is 0 Å². The molecule has 11 atom stereocenters. The van der Waals surface area contributed by atoms with E-state index in [-0.39, 0.29) is 33.5 Å². The van der Waals surface area contributed by atoms with Gasteiger partial charge >= 0.3 is 5.97 Å². The number of aldehydes is 1. The third-order valence-electron chi connectivity index (χ3n) is 13.5. The fraction of sp³-hybridized carbons (Fsp3) is 0.867. The number of carbonyl (C=O) groups is 2. The van der Waals surface area contributed by atoms with Crippen LogP contribution in [0.25, 0.3) is 0 Å². The summed E-state index contributed by atoms with van der Waals surface area (Å²) in [4.78, 5) is 25.2. The molecule has 0 aliphatic heterocycles. The smallest absolute Gasteiger partial charge is 0.309 e. The van der Waals surface area contributed by atoms with Crippen LogP contribution in [0.15, 0.2) is 12.2 Å². The summed E-state index contributed by atoms with van der Waals surface area (Å²) in [6.45, 7) is 18.0. The SMILES string of the molecule is C=C(C)[C@H]1CC[C@@]2(C(=O)O)CC[C@]3(C)[C@H](CC[C@H]4[C@@]5(C)[C@H](C=O)[C@H](O)C(C)(C)[C@H]5CC[C@@]43C)[C@@H]12. The number of aliphatic hydroxyl groups is 1. The van der Waals surface area contributed by atoms with Gasteiger partial charge in [0.1, 0.15) is 6.29 Å². The van der Waals surface area contributed by atoms with Crippen LogP contribution in [0.2, 0.25) is 0 Å². The van der Waals surface area contributed by atoms with Crippen molar-refractivity contribution in [2.24, 2.45) is 62.6 Å². The van der Waals surface area contributed by atoms with E-state index < -0.39 is 17.5 Å². The predicted molar refractivity (Wildman–Crippen MR) is 133 cm³/mol. The zero-order valence-electron chi connectivity index (χ0n) is 22.2. The van der Waals surface area contributed by atoms with Crippen molar-refractivity contribution in [3.63, 3.8) is 0 Å². The number of carbonyl (C=O) groups excluding carboxylic acids is 1. The van der Waals surface area contributed by atoms with E-state index in [0.29, 0.717) is 23.7 Å². The monoisotopic (exact) mass is 470 g/mol. The number of allylic oxidation sites excluding steroid dienone is 1. The van der Waals surface area contributed by atoms with Crippen molar-refractivity contribution in [1.82, 2.24) is 0 Å². The van der Waals surface area contributed by atoms with Gasteiger partial charge in [-0.15, -0.1) is 0 Å². The molecule has 0 unspecified atom stereocenters. The van der Waals surface area contributed by atoms with E-state index in [2.05, 4.69) is 48.1 Å². The summed E-state index contributed by atoms with van der Waals surface area (Å²) in [5.74, 6) is 0.617. The van der Waals surface area contributed by atoms with E-state index in [1.165, 1.54) is 0 Å². The number of carboxylic acids is 1. The van der Waals surface area contributed by atoms with E-state index in [9.17, 15) is 19.8 Å². The van der Waals surface area contributed by atoms with Crippen molar-refractivity contribution in [3.8, 4) is 0 Å². The van der Waals surface area contributed by atoms with E-state index in [1.807, 2.05) is 0 Å². The van der Waals surface area contributed by atoms with Gasteiger partial charge in [0, 0.05) is 5.92 Å². The maximum Gasteiger partial charge on any atom is 0.309 e. The summed E-state index contributed by atoms with van der Waals surface area (Å²) in [5.41, 5.74) is 0.153. The number of rotatable bonds is 3. The lowest BCUT2D eigenvalue weighted by atomic mass is 9.34. The Bertz CT molecular complexity index is 923. The van der Waals surface area contributed by atoms with E-state index in [0.717, 1.165) is 63.2 Å². The minimum absolute atomic E-state index is 0.0371. The Morgan fingerprint density at radius 2 is 1.59 bits per heavy atom. The lowest BCUT2D eigenvalue weighted by Crippen LogP contribution is -2.65. The zero-order chi connectivity index (χ0) is 25.1. The van der Waals surface area contributed by atoms with Crippen LogP contribution in [0.3, 0.4) is 0 Å². The average Bonchev–Trinajstić information content (AvgIpc) is 3.22. The second kappa shape index (κ2) is 7.20. The molecule has 34 heavy (non-hydrogen) atoms. The molecule has 0 saturated heterocycles. The highest BCUT2D eigenvalue weighted by Gasteiger charge is 2.74. The molecule has 5 aliphatic rings. The highest BCUT2D eigenvalue weighted by Crippen LogP contribution is 2.78. The fourth-order valence-corrected chi connectivity index (χ4v) is 11.7. The van der Waals surface area contributed by atoms with Crippen molar-refractivity contribution in [3.05, 3.63) is 12.2 Å². The normalized spacial score (nSPS) is 55.4. The van der Waals surface area contributed by atoms with Gasteiger partial charge in [0.2, 0.25) is 0 Å². The van der Waals surface area contributed by atoms with Crippen molar-refractivity contribution < 1.29 is 19.8 Å². The molecule has 5 saturated carbocycles. The van der Waals surface area contributed by atoms with Gasteiger partial charge in [-0.3, -0.25) is 4.79 Å². The van der Waals surface area contributed by atoms with Crippen LogP contribution in [0.4, 0.5) is 0 Å².